The maximum Gasteiger partial charge on any atom is 0.333 e. The molecule has 0 aromatic heterocycles. The number of anilines is 2. The summed E-state index contributed by atoms with van der Waals surface area (Å²) in [6.45, 7) is 10.1. The van der Waals surface area contributed by atoms with Crippen LogP contribution in [-0.2, 0) is 24.2 Å². The Hall–Kier alpha value is -3.37. The quantitative estimate of drug-likeness (QED) is 0.190. The van der Waals surface area contributed by atoms with Crippen LogP contribution in [0, 0.1) is 5.41 Å². The van der Waals surface area contributed by atoms with Crippen molar-refractivity contribution in [2.24, 2.45) is 5.41 Å². The Morgan fingerprint density at radius 3 is 2.28 bits per heavy atom. The van der Waals surface area contributed by atoms with Crippen LogP contribution in [0.4, 0.5) is 11.4 Å². The lowest BCUT2D eigenvalue weighted by atomic mass is 9.81. The number of benzene rings is 3. The second-order valence-electron chi connectivity index (χ2n) is 12.9. The van der Waals surface area contributed by atoms with Gasteiger partial charge in [-0.1, -0.05) is 75.2 Å². The largest absolute Gasteiger partial charge is 0.492 e. The number of sulfone groups is 1. The number of para-hydroxylation sites is 1. The van der Waals surface area contributed by atoms with E-state index < -0.39 is 38.8 Å². The van der Waals surface area contributed by atoms with Gasteiger partial charge in [-0.3, -0.25) is 4.79 Å². The summed E-state index contributed by atoms with van der Waals surface area (Å²) in [5.74, 6) is -0.594. The summed E-state index contributed by atoms with van der Waals surface area (Å²) in [6.07, 6.45) is 3.41. The summed E-state index contributed by atoms with van der Waals surface area (Å²) in [5.41, 5.74) is 0.982. The third kappa shape index (κ3) is 8.91. The standard InChI is InChI=1S/C36H45BrN2O6S/c1-6-8-20-36(7-2)24-39(27-17-13-10-14-18-27)29-22-28(37)30(23-31(29)46(42,43)25-36)44-21-19-32(40)38-33(26-15-11-9-12-16-26)34(41)45-35(3,4)5/h9-18,22-23,33H,6-8,19-21,24-25H2,1-5H3,(H,38,40)/t33-,36?/m1/s1. The fraction of sp³-hybridized carbons (Fsp3) is 0.444. The minimum absolute atomic E-state index is 0.0309. The van der Waals surface area contributed by atoms with E-state index >= 15 is 0 Å². The van der Waals surface area contributed by atoms with Crippen molar-refractivity contribution >= 4 is 49.0 Å². The number of ether oxygens (including phenoxy) is 2. The van der Waals surface area contributed by atoms with Gasteiger partial charge in [-0.05, 0) is 73.3 Å². The molecule has 2 atom stereocenters. The second-order valence-corrected chi connectivity index (χ2v) is 15.7. The lowest BCUT2D eigenvalue weighted by Crippen LogP contribution is -2.38. The van der Waals surface area contributed by atoms with Crippen LogP contribution in [0.15, 0.2) is 82.2 Å². The maximum absolute atomic E-state index is 14.1. The van der Waals surface area contributed by atoms with Crippen molar-refractivity contribution in [3.8, 4) is 5.75 Å². The highest BCUT2D eigenvalue weighted by Crippen LogP contribution is 2.46. The highest BCUT2D eigenvalue weighted by molar-refractivity contribution is 9.10. The summed E-state index contributed by atoms with van der Waals surface area (Å²) in [4.78, 5) is 28.3. The van der Waals surface area contributed by atoms with Gasteiger partial charge in [0.05, 0.1) is 33.8 Å². The third-order valence-corrected chi connectivity index (χ3v) is 10.8. The van der Waals surface area contributed by atoms with Crippen molar-refractivity contribution in [3.63, 3.8) is 0 Å². The Balaban J connectivity index is 1.57. The van der Waals surface area contributed by atoms with Gasteiger partial charge in [-0.2, -0.15) is 0 Å². The van der Waals surface area contributed by atoms with Crippen LogP contribution in [0.2, 0.25) is 0 Å². The van der Waals surface area contributed by atoms with Crippen molar-refractivity contribution in [3.05, 3.63) is 82.8 Å². The Kier molecular flexibility index (Phi) is 11.6. The number of fused-ring (bicyclic) bond motifs is 1. The van der Waals surface area contributed by atoms with Gasteiger partial charge in [0.25, 0.3) is 0 Å². The maximum atomic E-state index is 14.1. The molecule has 1 heterocycles. The van der Waals surface area contributed by atoms with Gasteiger partial charge in [0, 0.05) is 23.7 Å². The molecular weight excluding hydrogens is 668 g/mol. The summed E-state index contributed by atoms with van der Waals surface area (Å²) in [5, 5.41) is 2.78. The van der Waals surface area contributed by atoms with E-state index in [9.17, 15) is 18.0 Å². The van der Waals surface area contributed by atoms with Crippen molar-refractivity contribution < 1.29 is 27.5 Å². The van der Waals surface area contributed by atoms with Crippen molar-refractivity contribution in [1.82, 2.24) is 5.32 Å². The van der Waals surface area contributed by atoms with Crippen molar-refractivity contribution in [2.75, 3.05) is 23.8 Å². The molecule has 8 nitrogen and oxygen atoms in total. The molecule has 0 saturated carbocycles. The molecule has 4 rings (SSSR count). The van der Waals surface area contributed by atoms with E-state index in [0.717, 1.165) is 31.4 Å². The molecule has 1 amide bonds. The summed E-state index contributed by atoms with van der Waals surface area (Å²) in [6, 6.07) is 21.2. The zero-order valence-electron chi connectivity index (χ0n) is 27.3. The zero-order chi connectivity index (χ0) is 33.5. The first-order chi connectivity index (χ1) is 21.8. The first-order valence-corrected chi connectivity index (χ1v) is 18.3. The average molecular weight is 714 g/mol. The first-order valence-electron chi connectivity index (χ1n) is 15.9. The summed E-state index contributed by atoms with van der Waals surface area (Å²) >= 11 is 3.60. The molecule has 1 unspecified atom stereocenters. The van der Waals surface area contributed by atoms with Crippen LogP contribution in [0.3, 0.4) is 0 Å². The minimum atomic E-state index is -3.69. The average Bonchev–Trinajstić information content (AvgIpc) is 3.10. The fourth-order valence-corrected chi connectivity index (χ4v) is 8.37. The lowest BCUT2D eigenvalue weighted by Gasteiger charge is -2.36. The molecule has 1 aliphatic heterocycles. The van der Waals surface area contributed by atoms with E-state index in [4.69, 9.17) is 9.47 Å². The molecule has 248 valence electrons. The highest BCUT2D eigenvalue weighted by atomic mass is 79.9. The predicted octanol–water partition coefficient (Wildman–Crippen LogP) is 7.93. The monoisotopic (exact) mass is 712 g/mol. The number of halogens is 1. The van der Waals surface area contributed by atoms with E-state index in [2.05, 4.69) is 40.0 Å². The number of nitrogens with one attached hydrogen (secondary N) is 1. The van der Waals surface area contributed by atoms with Crippen LogP contribution in [0.25, 0.3) is 0 Å². The Labute approximate surface area is 281 Å². The molecule has 10 heteroatoms. The SMILES string of the molecule is CCCCC1(CC)CN(c2ccccc2)c2cc(Br)c(OCCC(=O)N[C@@H](C(=O)OC(C)(C)C)c3ccccc3)cc2S(=O)(=O)C1. The first kappa shape index (κ1) is 35.5. The molecule has 0 bridgehead atoms. The molecule has 46 heavy (non-hydrogen) atoms. The van der Waals surface area contributed by atoms with E-state index in [1.807, 2.05) is 36.4 Å². The topological polar surface area (TPSA) is 102 Å². The molecule has 1 aliphatic rings. The molecular formula is C36H45BrN2O6S. The van der Waals surface area contributed by atoms with Crippen LogP contribution in [-0.4, -0.2) is 44.8 Å². The van der Waals surface area contributed by atoms with Gasteiger partial charge < -0.3 is 19.7 Å². The van der Waals surface area contributed by atoms with Gasteiger partial charge in [-0.15, -0.1) is 0 Å². The fourth-order valence-electron chi connectivity index (χ4n) is 5.75. The normalized spacial score (nSPS) is 18.2. The number of esters is 1. The predicted molar refractivity (Wildman–Crippen MR) is 185 cm³/mol. The van der Waals surface area contributed by atoms with Crippen LogP contribution >= 0.6 is 15.9 Å². The molecule has 3 aromatic carbocycles. The number of rotatable bonds is 12. The number of amides is 1. The Bertz CT molecular complexity index is 1610. The third-order valence-electron chi connectivity index (χ3n) is 8.17. The zero-order valence-corrected chi connectivity index (χ0v) is 29.7. The van der Waals surface area contributed by atoms with Gasteiger partial charge in [0.2, 0.25) is 5.91 Å². The molecule has 0 saturated heterocycles. The Morgan fingerprint density at radius 2 is 1.67 bits per heavy atom. The number of carbonyl (C=O) groups excluding carboxylic acids is 2. The lowest BCUT2D eigenvalue weighted by molar-refractivity contribution is -0.159. The number of unbranched alkanes of at least 4 members (excludes halogenated alkanes) is 1. The van der Waals surface area contributed by atoms with Gasteiger partial charge in [0.1, 0.15) is 11.4 Å². The number of carbonyl (C=O) groups is 2. The van der Waals surface area contributed by atoms with E-state index in [1.54, 1.807) is 57.2 Å². The molecule has 1 N–H and O–H groups in total. The van der Waals surface area contributed by atoms with E-state index in [-0.39, 0.29) is 23.7 Å². The summed E-state index contributed by atoms with van der Waals surface area (Å²) in [7, 11) is -3.69. The number of nitrogens with zero attached hydrogens (tertiary/aromatic N) is 1. The number of hydrogen-bond acceptors (Lipinski definition) is 7. The van der Waals surface area contributed by atoms with E-state index in [1.165, 1.54) is 0 Å². The number of hydrogen-bond donors (Lipinski definition) is 1. The van der Waals surface area contributed by atoms with Crippen molar-refractivity contribution in [2.45, 2.75) is 83.3 Å². The Morgan fingerprint density at radius 1 is 1.02 bits per heavy atom. The molecule has 0 aliphatic carbocycles. The van der Waals surface area contributed by atoms with E-state index in [0.29, 0.717) is 28.0 Å². The molecule has 0 spiro atoms. The molecule has 3 aromatic rings. The van der Waals surface area contributed by atoms with Crippen molar-refractivity contribution in [1.29, 1.82) is 0 Å². The minimum Gasteiger partial charge on any atom is -0.492 e. The molecule has 0 radical (unpaired) electrons. The van der Waals surface area contributed by atoms with Gasteiger partial charge in [-0.25, -0.2) is 13.2 Å². The molecule has 0 fully saturated rings. The van der Waals surface area contributed by atoms with Crippen LogP contribution in [0.5, 0.6) is 5.75 Å². The smallest absolute Gasteiger partial charge is 0.333 e. The van der Waals surface area contributed by atoms with Gasteiger partial charge in [0.15, 0.2) is 15.9 Å². The summed E-state index contributed by atoms with van der Waals surface area (Å²) < 4.78 is 40.3. The highest BCUT2D eigenvalue weighted by Gasteiger charge is 2.42. The van der Waals surface area contributed by atoms with Crippen LogP contribution in [0.1, 0.15) is 78.3 Å². The van der Waals surface area contributed by atoms with Gasteiger partial charge >= 0.3 is 5.97 Å². The van der Waals surface area contributed by atoms with Crippen LogP contribution < -0.4 is 15.0 Å². The second kappa shape index (κ2) is 15.0.